The molecule has 7 nitrogen and oxygen atoms in total. The average molecular weight is 354 g/mol. The Kier molecular flexibility index (Phi) is 6.20. The molecule has 0 aromatic heterocycles. The number of hydrogen-bond acceptors (Lipinski definition) is 6. The minimum absolute atomic E-state index is 0.161. The molecule has 2 unspecified atom stereocenters. The van der Waals surface area contributed by atoms with E-state index in [0.29, 0.717) is 12.1 Å². The number of carbonyl (C=O) groups excluding carboxylic acids is 1. The highest BCUT2D eigenvalue weighted by atomic mass is 16.6. The minimum Gasteiger partial charge on any atom is -0.444 e. The molecule has 0 radical (unpaired) electrons. The van der Waals surface area contributed by atoms with E-state index in [0.717, 1.165) is 71.9 Å². The molecule has 1 amide bonds. The number of amides is 1. The van der Waals surface area contributed by atoms with Gasteiger partial charge in [0.05, 0.1) is 0 Å². The van der Waals surface area contributed by atoms with Gasteiger partial charge in [0.2, 0.25) is 0 Å². The van der Waals surface area contributed by atoms with Gasteiger partial charge in [-0.15, -0.1) is 0 Å². The number of rotatable bonds is 2. The topological polar surface area (TPSA) is 60.1 Å². The molecular formula is C18H35N5O2. The van der Waals surface area contributed by atoms with Crippen LogP contribution in [0.4, 0.5) is 4.79 Å². The summed E-state index contributed by atoms with van der Waals surface area (Å²) in [6, 6.07) is 0.945. The zero-order valence-corrected chi connectivity index (χ0v) is 16.1. The van der Waals surface area contributed by atoms with Crippen molar-refractivity contribution in [2.75, 3.05) is 65.4 Å². The van der Waals surface area contributed by atoms with E-state index in [9.17, 15) is 4.79 Å². The van der Waals surface area contributed by atoms with Crippen molar-refractivity contribution in [3.8, 4) is 0 Å². The van der Waals surface area contributed by atoms with Crippen molar-refractivity contribution in [2.24, 2.45) is 0 Å². The van der Waals surface area contributed by atoms with Crippen molar-refractivity contribution in [3.63, 3.8) is 0 Å². The molecule has 3 rings (SSSR count). The number of ether oxygens (including phenoxy) is 1. The Morgan fingerprint density at radius 2 is 1.40 bits per heavy atom. The van der Waals surface area contributed by atoms with Crippen LogP contribution < -0.4 is 10.6 Å². The van der Waals surface area contributed by atoms with E-state index in [1.807, 2.05) is 25.7 Å². The van der Waals surface area contributed by atoms with Crippen molar-refractivity contribution < 1.29 is 9.53 Å². The zero-order chi connectivity index (χ0) is 17.9. The Balaban J connectivity index is 1.69. The lowest BCUT2D eigenvalue weighted by Gasteiger charge is -2.49. The number of piperidine rings is 1. The lowest BCUT2D eigenvalue weighted by atomic mass is 9.95. The summed E-state index contributed by atoms with van der Waals surface area (Å²) >= 11 is 0. The molecule has 0 aromatic rings. The third kappa shape index (κ3) is 5.06. The Morgan fingerprint density at radius 3 is 1.92 bits per heavy atom. The average Bonchev–Trinajstić information content (AvgIpc) is 2.61. The Morgan fingerprint density at radius 1 is 0.880 bits per heavy atom. The van der Waals surface area contributed by atoms with E-state index in [1.165, 1.54) is 0 Å². The van der Waals surface area contributed by atoms with Gasteiger partial charge in [-0.2, -0.15) is 0 Å². The summed E-state index contributed by atoms with van der Waals surface area (Å²) in [5.74, 6) is 0. The van der Waals surface area contributed by atoms with Gasteiger partial charge in [-0.1, -0.05) is 0 Å². The van der Waals surface area contributed by atoms with Crippen molar-refractivity contribution in [1.82, 2.24) is 25.3 Å². The monoisotopic (exact) mass is 353 g/mol. The van der Waals surface area contributed by atoms with E-state index in [1.54, 1.807) is 0 Å². The number of likely N-dealkylation sites (tertiary alicyclic amines) is 1. The molecule has 0 spiro atoms. The first kappa shape index (κ1) is 18.9. The van der Waals surface area contributed by atoms with Gasteiger partial charge in [0.25, 0.3) is 0 Å². The Bertz CT molecular complexity index is 441. The van der Waals surface area contributed by atoms with Gasteiger partial charge in [-0.3, -0.25) is 9.80 Å². The number of piperazine rings is 2. The Labute approximate surface area is 152 Å². The standard InChI is InChI=1S/C18H35N5O2/c1-18(2,3)25-17(24)23-9-4-15(21-10-5-19-6-11-21)16(14-23)22-12-7-20-8-13-22/h15-16,19-20H,4-14H2,1-3H3. The molecule has 25 heavy (non-hydrogen) atoms. The number of nitrogens with one attached hydrogen (secondary N) is 2. The molecule has 3 saturated heterocycles. The fourth-order valence-corrected chi connectivity index (χ4v) is 4.22. The third-order valence-electron chi connectivity index (χ3n) is 5.44. The predicted molar refractivity (Wildman–Crippen MR) is 98.9 cm³/mol. The van der Waals surface area contributed by atoms with Crippen molar-refractivity contribution in [2.45, 2.75) is 44.9 Å². The SMILES string of the molecule is CC(C)(C)OC(=O)N1CCC(N2CCNCC2)C(N2CCNCC2)C1. The maximum Gasteiger partial charge on any atom is 0.410 e. The summed E-state index contributed by atoms with van der Waals surface area (Å²) in [7, 11) is 0. The number of hydrogen-bond donors (Lipinski definition) is 2. The lowest BCUT2D eigenvalue weighted by molar-refractivity contribution is -0.0174. The molecule has 3 aliphatic heterocycles. The van der Waals surface area contributed by atoms with Gasteiger partial charge in [0, 0.05) is 77.5 Å². The van der Waals surface area contributed by atoms with E-state index in [2.05, 4.69) is 20.4 Å². The van der Waals surface area contributed by atoms with Crippen LogP contribution >= 0.6 is 0 Å². The molecular weight excluding hydrogens is 318 g/mol. The predicted octanol–water partition coefficient (Wildman–Crippen LogP) is 0.175. The van der Waals surface area contributed by atoms with Gasteiger partial charge in [0.15, 0.2) is 0 Å². The van der Waals surface area contributed by atoms with Crippen molar-refractivity contribution in [3.05, 3.63) is 0 Å². The van der Waals surface area contributed by atoms with Crippen LogP contribution in [0.3, 0.4) is 0 Å². The van der Waals surface area contributed by atoms with Crippen LogP contribution in [0.2, 0.25) is 0 Å². The maximum absolute atomic E-state index is 12.6. The molecule has 0 saturated carbocycles. The highest BCUT2D eigenvalue weighted by Crippen LogP contribution is 2.24. The van der Waals surface area contributed by atoms with Crippen LogP contribution in [0.15, 0.2) is 0 Å². The van der Waals surface area contributed by atoms with E-state index in [-0.39, 0.29) is 6.09 Å². The summed E-state index contributed by atoms with van der Waals surface area (Å²) in [6.45, 7) is 16.0. The van der Waals surface area contributed by atoms with Gasteiger partial charge < -0.3 is 20.3 Å². The van der Waals surface area contributed by atoms with E-state index in [4.69, 9.17) is 4.74 Å². The minimum atomic E-state index is -0.434. The molecule has 3 heterocycles. The summed E-state index contributed by atoms with van der Waals surface area (Å²) < 4.78 is 5.63. The fourth-order valence-electron chi connectivity index (χ4n) is 4.22. The molecule has 144 valence electrons. The van der Waals surface area contributed by atoms with E-state index >= 15 is 0 Å². The summed E-state index contributed by atoms with van der Waals surface area (Å²) in [5.41, 5.74) is -0.434. The number of carbonyl (C=O) groups is 1. The van der Waals surface area contributed by atoms with Crippen LogP contribution in [0.1, 0.15) is 27.2 Å². The quantitative estimate of drug-likeness (QED) is 0.738. The molecule has 0 aliphatic carbocycles. The molecule has 3 aliphatic rings. The van der Waals surface area contributed by atoms with Gasteiger partial charge >= 0.3 is 6.09 Å². The summed E-state index contributed by atoms with van der Waals surface area (Å²) in [6.07, 6.45) is 0.875. The van der Waals surface area contributed by atoms with Crippen molar-refractivity contribution >= 4 is 6.09 Å². The molecule has 2 atom stereocenters. The molecule has 0 bridgehead atoms. The number of nitrogens with zero attached hydrogens (tertiary/aromatic N) is 3. The second-order valence-corrected chi connectivity index (χ2v) is 8.42. The molecule has 7 heteroatoms. The van der Waals surface area contributed by atoms with Crippen LogP contribution in [-0.4, -0.2) is 104 Å². The highest BCUT2D eigenvalue weighted by molar-refractivity contribution is 5.68. The zero-order valence-electron chi connectivity index (χ0n) is 16.1. The van der Waals surface area contributed by atoms with Gasteiger partial charge in [-0.25, -0.2) is 4.79 Å². The van der Waals surface area contributed by atoms with Crippen LogP contribution in [0.25, 0.3) is 0 Å². The normalized spacial score (nSPS) is 30.3. The summed E-state index contributed by atoms with van der Waals surface area (Å²) in [4.78, 5) is 19.7. The molecule has 2 N–H and O–H groups in total. The first-order chi connectivity index (χ1) is 11.9. The summed E-state index contributed by atoms with van der Waals surface area (Å²) in [5, 5.41) is 6.89. The smallest absolute Gasteiger partial charge is 0.410 e. The largest absolute Gasteiger partial charge is 0.444 e. The Hall–Kier alpha value is -0.890. The van der Waals surface area contributed by atoms with Crippen molar-refractivity contribution in [1.29, 1.82) is 0 Å². The van der Waals surface area contributed by atoms with E-state index < -0.39 is 5.60 Å². The van der Waals surface area contributed by atoms with Crippen LogP contribution in [0.5, 0.6) is 0 Å². The van der Waals surface area contributed by atoms with Crippen LogP contribution in [-0.2, 0) is 4.74 Å². The molecule has 0 aromatic carbocycles. The second-order valence-electron chi connectivity index (χ2n) is 8.42. The fraction of sp³-hybridized carbons (Fsp3) is 0.944. The molecule has 3 fully saturated rings. The first-order valence-electron chi connectivity index (χ1n) is 9.81. The van der Waals surface area contributed by atoms with Gasteiger partial charge in [-0.05, 0) is 27.2 Å². The maximum atomic E-state index is 12.6. The highest BCUT2D eigenvalue weighted by Gasteiger charge is 2.39. The lowest BCUT2D eigenvalue weighted by Crippen LogP contribution is -2.65. The second kappa shape index (κ2) is 8.20. The van der Waals surface area contributed by atoms with Gasteiger partial charge in [0.1, 0.15) is 5.60 Å². The van der Waals surface area contributed by atoms with Crippen LogP contribution in [0, 0.1) is 0 Å². The third-order valence-corrected chi connectivity index (χ3v) is 5.44. The first-order valence-corrected chi connectivity index (χ1v) is 9.81.